The van der Waals surface area contributed by atoms with Gasteiger partial charge in [0.1, 0.15) is 0 Å². The zero-order valence-corrected chi connectivity index (χ0v) is 19.4. The van der Waals surface area contributed by atoms with E-state index in [0.29, 0.717) is 9.47 Å². The fraction of sp³-hybridized carbons (Fsp3) is 0.714. The molecule has 0 saturated carbocycles. The normalized spacial score (nSPS) is 4.40. The van der Waals surface area contributed by atoms with Crippen molar-refractivity contribution in [1.29, 1.82) is 0 Å². The topological polar surface area (TPSA) is 20.3 Å². The maximum atomic E-state index is 9.96. The summed E-state index contributed by atoms with van der Waals surface area (Å²) in [5.74, 6) is -0.157. The minimum Gasteiger partial charge on any atom is 0 e. The summed E-state index contributed by atoms with van der Waals surface area (Å²) in [6.45, 7) is 3.12. The SMILES string of the molecule is C.C.C.II.[CH2-]C(=O)N(C)C.[I][V][I].[W]. The molecule has 1 amide bonds. The first kappa shape index (κ1) is 42.8. The molecule has 0 unspecified atom stereocenters. The van der Waals surface area contributed by atoms with Crippen molar-refractivity contribution in [3.8, 4) is 0 Å². The summed E-state index contributed by atoms with van der Waals surface area (Å²) in [6, 6.07) is 0. The van der Waals surface area contributed by atoms with Crippen molar-refractivity contribution >= 4 is 83.1 Å². The molecule has 8 heteroatoms. The predicted molar refractivity (Wildman–Crippen MR) is 100 cm³/mol. The van der Waals surface area contributed by atoms with Crippen LogP contribution < -0.4 is 0 Å². The van der Waals surface area contributed by atoms with E-state index in [1.807, 2.05) is 0 Å². The number of hydrogen-bond acceptors (Lipinski definition) is 1. The van der Waals surface area contributed by atoms with Crippen LogP contribution in [0.15, 0.2) is 0 Å². The van der Waals surface area contributed by atoms with Crippen LogP contribution in [0.3, 0.4) is 0 Å². The van der Waals surface area contributed by atoms with Crippen molar-refractivity contribution in [2.75, 3.05) is 14.1 Å². The van der Waals surface area contributed by atoms with Crippen LogP contribution in [0.2, 0.25) is 0 Å². The summed E-state index contributed by atoms with van der Waals surface area (Å²) in [7, 11) is 3.95. The number of carbonyl (C=O) groups excluding carboxylic acids is 1. The molecule has 0 radical (unpaired) electrons. The quantitative estimate of drug-likeness (QED) is 0.238. The van der Waals surface area contributed by atoms with Crippen molar-refractivity contribution in [3.63, 3.8) is 0 Å². The molecule has 0 aromatic heterocycles. The van der Waals surface area contributed by atoms with Gasteiger partial charge in [-0.05, 0) is 0 Å². The van der Waals surface area contributed by atoms with Crippen LogP contribution in [0.4, 0.5) is 0 Å². The van der Waals surface area contributed by atoms with Gasteiger partial charge in [-0.3, -0.25) is 0 Å². The molecule has 0 rings (SSSR count). The second kappa shape index (κ2) is 43.2. The Kier molecular flexibility index (Phi) is 123. The molecular formula is C7H20I4NOVW-. The minimum absolute atomic E-state index is 0. The van der Waals surface area contributed by atoms with Crippen molar-refractivity contribution in [3.05, 3.63) is 6.92 Å². The minimum atomic E-state index is -0.157. The van der Waals surface area contributed by atoms with Gasteiger partial charge >= 0.3 is 49.4 Å². The standard InChI is InChI=1S/C4H8NO.3CH4.I2.2HI.V.W/c1-4(6)5(2)3;;;;1-2;;;;/h1H2,2-3H3;3*1H4;;2*1H;;/q-1;;;;;;;+2;/p-2. The van der Waals surface area contributed by atoms with Crippen LogP contribution in [-0.2, 0) is 35.3 Å². The summed E-state index contributed by atoms with van der Waals surface area (Å²) in [4.78, 5) is 11.4. The fourth-order valence-corrected chi connectivity index (χ4v) is 0. The van der Waals surface area contributed by atoms with Crippen LogP contribution in [0.25, 0.3) is 0 Å². The largest absolute Gasteiger partial charge is 0 e. The van der Waals surface area contributed by atoms with E-state index in [9.17, 15) is 4.79 Å². The van der Waals surface area contributed by atoms with E-state index in [-0.39, 0.29) is 49.3 Å². The van der Waals surface area contributed by atoms with Crippen LogP contribution >= 0.6 is 77.2 Å². The average molecular weight is 877 g/mol. The molecule has 0 N–H and O–H groups in total. The monoisotopic (exact) mass is 877 g/mol. The number of carbonyl (C=O) groups is 1. The Labute approximate surface area is 163 Å². The maximum absolute atomic E-state index is 9.96. The van der Waals surface area contributed by atoms with Gasteiger partial charge in [-0.25, -0.2) is 0 Å². The van der Waals surface area contributed by atoms with Crippen molar-refractivity contribution in [2.24, 2.45) is 0 Å². The van der Waals surface area contributed by atoms with E-state index in [2.05, 4.69) is 84.1 Å². The van der Waals surface area contributed by atoms with Crippen LogP contribution in [0.5, 0.6) is 0 Å². The number of rotatable bonds is 0. The molecule has 0 aromatic rings. The van der Waals surface area contributed by atoms with E-state index < -0.39 is 0 Å². The molecule has 0 aliphatic carbocycles. The molecule has 0 bridgehead atoms. The number of halogens is 4. The first-order valence-corrected chi connectivity index (χ1v) is 17.5. The van der Waals surface area contributed by atoms with E-state index in [0.717, 1.165) is 0 Å². The molecule has 15 heavy (non-hydrogen) atoms. The van der Waals surface area contributed by atoms with Crippen LogP contribution in [-0.4, -0.2) is 24.9 Å². The van der Waals surface area contributed by atoms with E-state index in [1.165, 1.54) is 4.90 Å². The molecule has 0 spiro atoms. The van der Waals surface area contributed by atoms with Gasteiger partial charge in [0, 0.05) is 72.4 Å². The van der Waals surface area contributed by atoms with Gasteiger partial charge in [0.05, 0.1) is 5.91 Å². The van der Waals surface area contributed by atoms with Gasteiger partial charge in [0.2, 0.25) is 0 Å². The molecule has 2 nitrogen and oxygen atoms in total. The van der Waals surface area contributed by atoms with Gasteiger partial charge in [0.25, 0.3) is 0 Å². The summed E-state index contributed by atoms with van der Waals surface area (Å²) in [5.41, 5.74) is 0. The molecule has 0 aliphatic heterocycles. The Morgan fingerprint density at radius 1 is 1.13 bits per heavy atom. The number of amides is 1. The van der Waals surface area contributed by atoms with Gasteiger partial charge in [-0.15, -0.1) is 0 Å². The summed E-state index contributed by atoms with van der Waals surface area (Å²) >= 11 is 8.98. The third-order valence-electron chi connectivity index (χ3n) is 0.499. The Bertz CT molecular complexity index is 91.4. The van der Waals surface area contributed by atoms with E-state index in [1.54, 1.807) is 14.1 Å². The van der Waals surface area contributed by atoms with Crippen LogP contribution in [0.1, 0.15) is 22.3 Å². The smallest absolute Gasteiger partial charge is 0 e. The van der Waals surface area contributed by atoms with E-state index in [4.69, 9.17) is 0 Å². The Hall–Kier alpha value is 3.53. The Balaban J connectivity index is -0.0000000128. The van der Waals surface area contributed by atoms with Crippen molar-refractivity contribution < 1.29 is 35.3 Å². The average Bonchev–Trinajstić information content (AvgIpc) is 1.93. The van der Waals surface area contributed by atoms with E-state index >= 15 is 0 Å². The van der Waals surface area contributed by atoms with Gasteiger partial charge in [0.15, 0.2) is 0 Å². The van der Waals surface area contributed by atoms with Crippen molar-refractivity contribution in [1.82, 2.24) is 4.90 Å². The van der Waals surface area contributed by atoms with Gasteiger partial charge < -0.3 is 16.6 Å². The number of nitrogens with zero attached hydrogens (tertiary/aromatic N) is 1. The third-order valence-corrected chi connectivity index (χ3v) is 0.499. The van der Waals surface area contributed by atoms with Gasteiger partial charge in [-0.2, -0.15) is 0 Å². The second-order valence-corrected chi connectivity index (χ2v) is 13.1. The van der Waals surface area contributed by atoms with Crippen molar-refractivity contribution in [2.45, 2.75) is 22.3 Å². The van der Waals surface area contributed by atoms with Crippen LogP contribution in [0, 0.1) is 6.92 Å². The maximum Gasteiger partial charge on any atom is 0 e. The second-order valence-electron chi connectivity index (χ2n) is 1.35. The number of hydrogen-bond donors (Lipinski definition) is 0. The first-order chi connectivity index (χ1) is 5.06. The molecule has 0 heterocycles. The molecule has 0 atom stereocenters. The molecule has 0 fully saturated rings. The van der Waals surface area contributed by atoms with Gasteiger partial charge in [-0.1, -0.05) is 22.3 Å². The molecule has 0 aliphatic rings. The summed E-state index contributed by atoms with van der Waals surface area (Å²) in [5, 5.41) is 0. The zero-order chi connectivity index (χ0) is 9.86. The zero-order valence-electron chi connectivity index (χ0n) is 6.43. The fourth-order valence-electron chi connectivity index (χ4n) is 0. The molecular weight excluding hydrogens is 856 g/mol. The molecule has 0 aromatic carbocycles. The molecule has 0 saturated heterocycles. The third kappa shape index (κ3) is 74.5. The summed E-state index contributed by atoms with van der Waals surface area (Å²) in [6.07, 6.45) is 0. The summed E-state index contributed by atoms with van der Waals surface area (Å²) < 4.78 is 0. The Morgan fingerprint density at radius 2 is 1.20 bits per heavy atom. The first-order valence-electron chi connectivity index (χ1n) is 2.16. The Morgan fingerprint density at radius 3 is 1.20 bits per heavy atom. The molecule has 99 valence electrons. The predicted octanol–water partition coefficient (Wildman–Crippen LogP) is 5.35.